The molecule has 1 amide bonds. The Balaban J connectivity index is 1.85. The number of nitrogens with zero attached hydrogens (tertiary/aromatic N) is 1. The predicted octanol–water partition coefficient (Wildman–Crippen LogP) is 3.22. The fourth-order valence-electron chi connectivity index (χ4n) is 2.16. The van der Waals surface area contributed by atoms with Gasteiger partial charge in [-0.05, 0) is 35.6 Å². The van der Waals surface area contributed by atoms with Crippen LogP contribution in [0.3, 0.4) is 0 Å². The van der Waals surface area contributed by atoms with E-state index in [2.05, 4.69) is 30.2 Å². The van der Waals surface area contributed by atoms with Gasteiger partial charge < -0.3 is 14.8 Å². The lowest BCUT2D eigenvalue weighted by Gasteiger charge is -2.13. The SMILES string of the molecule is COc1ccc(CNC(=O)COc2cc(C(C)C)ccc2C)cn1. The first-order valence-corrected chi connectivity index (χ1v) is 7.98. The third-order valence-electron chi connectivity index (χ3n) is 3.73. The minimum absolute atomic E-state index is 0.00796. The van der Waals surface area contributed by atoms with Crippen LogP contribution in [-0.4, -0.2) is 24.6 Å². The molecule has 24 heavy (non-hydrogen) atoms. The summed E-state index contributed by atoms with van der Waals surface area (Å²) in [6.07, 6.45) is 1.68. The predicted molar refractivity (Wildman–Crippen MR) is 93.4 cm³/mol. The number of benzene rings is 1. The van der Waals surface area contributed by atoms with Gasteiger partial charge in [0, 0.05) is 18.8 Å². The fourth-order valence-corrected chi connectivity index (χ4v) is 2.16. The molecule has 5 nitrogen and oxygen atoms in total. The van der Waals surface area contributed by atoms with Gasteiger partial charge in [-0.2, -0.15) is 0 Å². The van der Waals surface area contributed by atoms with Crippen molar-refractivity contribution in [2.45, 2.75) is 33.2 Å². The molecule has 0 radical (unpaired) electrons. The first-order chi connectivity index (χ1) is 11.5. The number of carbonyl (C=O) groups excluding carboxylic acids is 1. The maximum absolute atomic E-state index is 12.0. The van der Waals surface area contributed by atoms with Crippen molar-refractivity contribution in [3.05, 3.63) is 53.2 Å². The Bertz CT molecular complexity index is 682. The fraction of sp³-hybridized carbons (Fsp3) is 0.368. The highest BCUT2D eigenvalue weighted by molar-refractivity contribution is 5.77. The van der Waals surface area contributed by atoms with Gasteiger partial charge in [0.15, 0.2) is 6.61 Å². The molecule has 1 aromatic heterocycles. The molecule has 0 fully saturated rings. The lowest BCUT2D eigenvalue weighted by Crippen LogP contribution is -2.28. The molecule has 2 aromatic rings. The number of ether oxygens (including phenoxy) is 2. The maximum Gasteiger partial charge on any atom is 0.258 e. The largest absolute Gasteiger partial charge is 0.483 e. The van der Waals surface area contributed by atoms with Crippen molar-refractivity contribution in [1.29, 1.82) is 0 Å². The summed E-state index contributed by atoms with van der Waals surface area (Å²) < 4.78 is 10.7. The molecule has 0 aliphatic heterocycles. The molecule has 0 aliphatic rings. The van der Waals surface area contributed by atoms with Gasteiger partial charge in [0.1, 0.15) is 5.75 Å². The van der Waals surface area contributed by atoms with Gasteiger partial charge in [0.25, 0.3) is 5.91 Å². The number of aromatic nitrogens is 1. The highest BCUT2D eigenvalue weighted by atomic mass is 16.5. The van der Waals surface area contributed by atoms with E-state index in [0.29, 0.717) is 18.3 Å². The van der Waals surface area contributed by atoms with Crippen molar-refractivity contribution in [2.24, 2.45) is 0 Å². The van der Waals surface area contributed by atoms with E-state index in [1.54, 1.807) is 19.4 Å². The van der Waals surface area contributed by atoms with Crippen LogP contribution in [0.4, 0.5) is 0 Å². The molecular formula is C19H24N2O3. The molecule has 0 bridgehead atoms. The van der Waals surface area contributed by atoms with E-state index in [1.807, 2.05) is 25.1 Å². The highest BCUT2D eigenvalue weighted by Gasteiger charge is 2.08. The summed E-state index contributed by atoms with van der Waals surface area (Å²) in [6, 6.07) is 9.73. The number of hydrogen-bond acceptors (Lipinski definition) is 4. The zero-order chi connectivity index (χ0) is 17.5. The molecule has 0 saturated carbocycles. The number of amides is 1. The lowest BCUT2D eigenvalue weighted by molar-refractivity contribution is -0.123. The molecule has 0 atom stereocenters. The van der Waals surface area contributed by atoms with Crippen LogP contribution >= 0.6 is 0 Å². The van der Waals surface area contributed by atoms with Crippen LogP contribution in [0, 0.1) is 6.92 Å². The van der Waals surface area contributed by atoms with Crippen molar-refractivity contribution in [3.63, 3.8) is 0 Å². The zero-order valence-corrected chi connectivity index (χ0v) is 14.6. The molecule has 1 aromatic carbocycles. The maximum atomic E-state index is 12.0. The average molecular weight is 328 g/mol. The van der Waals surface area contributed by atoms with E-state index in [1.165, 1.54) is 5.56 Å². The highest BCUT2D eigenvalue weighted by Crippen LogP contribution is 2.24. The number of nitrogens with one attached hydrogen (secondary N) is 1. The van der Waals surface area contributed by atoms with Crippen LogP contribution in [0.25, 0.3) is 0 Å². The molecule has 0 saturated heterocycles. The Labute approximate surface area is 143 Å². The third kappa shape index (κ3) is 4.98. The van der Waals surface area contributed by atoms with E-state index in [9.17, 15) is 4.79 Å². The van der Waals surface area contributed by atoms with Crippen LogP contribution in [0.2, 0.25) is 0 Å². The van der Waals surface area contributed by atoms with Crippen molar-refractivity contribution < 1.29 is 14.3 Å². The molecular weight excluding hydrogens is 304 g/mol. The van der Waals surface area contributed by atoms with Crippen LogP contribution < -0.4 is 14.8 Å². The average Bonchev–Trinajstić information content (AvgIpc) is 2.59. The quantitative estimate of drug-likeness (QED) is 0.848. The summed E-state index contributed by atoms with van der Waals surface area (Å²) in [7, 11) is 1.57. The lowest BCUT2D eigenvalue weighted by atomic mass is 10.0. The summed E-state index contributed by atoms with van der Waals surface area (Å²) >= 11 is 0. The topological polar surface area (TPSA) is 60.5 Å². The van der Waals surface area contributed by atoms with E-state index in [0.717, 1.165) is 16.9 Å². The molecule has 5 heteroatoms. The third-order valence-corrected chi connectivity index (χ3v) is 3.73. The van der Waals surface area contributed by atoms with E-state index < -0.39 is 0 Å². The van der Waals surface area contributed by atoms with Gasteiger partial charge in [-0.1, -0.05) is 32.0 Å². The number of carbonyl (C=O) groups is 1. The second-order valence-electron chi connectivity index (χ2n) is 5.95. The van der Waals surface area contributed by atoms with Crippen molar-refractivity contribution >= 4 is 5.91 Å². The van der Waals surface area contributed by atoms with Gasteiger partial charge >= 0.3 is 0 Å². The smallest absolute Gasteiger partial charge is 0.258 e. The Hall–Kier alpha value is -2.56. The summed E-state index contributed by atoms with van der Waals surface area (Å²) in [4.78, 5) is 16.1. The monoisotopic (exact) mass is 328 g/mol. The van der Waals surface area contributed by atoms with E-state index in [-0.39, 0.29) is 12.5 Å². The van der Waals surface area contributed by atoms with Gasteiger partial charge in [-0.25, -0.2) is 4.98 Å². The van der Waals surface area contributed by atoms with Gasteiger partial charge in [-0.15, -0.1) is 0 Å². The number of methoxy groups -OCH3 is 1. The summed E-state index contributed by atoms with van der Waals surface area (Å²) in [6.45, 7) is 6.63. The summed E-state index contributed by atoms with van der Waals surface area (Å²) in [5, 5.41) is 2.82. The number of hydrogen-bond donors (Lipinski definition) is 1. The second kappa shape index (κ2) is 8.34. The van der Waals surface area contributed by atoms with Crippen LogP contribution in [0.15, 0.2) is 36.5 Å². The number of pyridine rings is 1. The summed E-state index contributed by atoms with van der Waals surface area (Å²) in [5.41, 5.74) is 3.12. The molecule has 1 heterocycles. The van der Waals surface area contributed by atoms with Gasteiger partial charge in [0.05, 0.1) is 7.11 Å². The Morgan fingerprint density at radius 2 is 2.04 bits per heavy atom. The molecule has 0 spiro atoms. The number of aryl methyl sites for hydroxylation is 1. The first kappa shape index (κ1) is 17.8. The van der Waals surface area contributed by atoms with Crippen LogP contribution in [-0.2, 0) is 11.3 Å². The zero-order valence-electron chi connectivity index (χ0n) is 14.6. The molecule has 128 valence electrons. The minimum atomic E-state index is -0.167. The standard InChI is InChI=1S/C19H24N2O3/c1-13(2)16-7-5-14(3)17(9-16)24-12-18(22)20-10-15-6-8-19(23-4)21-11-15/h5-9,11,13H,10,12H2,1-4H3,(H,20,22). The van der Waals surface area contributed by atoms with E-state index >= 15 is 0 Å². The minimum Gasteiger partial charge on any atom is -0.483 e. The normalized spacial score (nSPS) is 10.5. The van der Waals surface area contributed by atoms with Crippen LogP contribution in [0.1, 0.15) is 36.5 Å². The van der Waals surface area contributed by atoms with Crippen molar-refractivity contribution in [3.8, 4) is 11.6 Å². The van der Waals surface area contributed by atoms with Gasteiger partial charge in [0.2, 0.25) is 5.88 Å². The molecule has 2 rings (SSSR count). The number of rotatable bonds is 7. The Morgan fingerprint density at radius 1 is 1.25 bits per heavy atom. The van der Waals surface area contributed by atoms with Crippen molar-refractivity contribution in [2.75, 3.05) is 13.7 Å². The summed E-state index contributed by atoms with van der Waals surface area (Å²) in [5.74, 6) is 1.56. The molecule has 0 aliphatic carbocycles. The Kier molecular flexibility index (Phi) is 6.18. The molecule has 0 unspecified atom stereocenters. The van der Waals surface area contributed by atoms with Crippen molar-refractivity contribution in [1.82, 2.24) is 10.3 Å². The Morgan fingerprint density at radius 3 is 2.67 bits per heavy atom. The molecule has 1 N–H and O–H groups in total. The van der Waals surface area contributed by atoms with Crippen LogP contribution in [0.5, 0.6) is 11.6 Å². The van der Waals surface area contributed by atoms with Gasteiger partial charge in [-0.3, -0.25) is 4.79 Å². The second-order valence-corrected chi connectivity index (χ2v) is 5.95. The van der Waals surface area contributed by atoms with E-state index in [4.69, 9.17) is 9.47 Å². The first-order valence-electron chi connectivity index (χ1n) is 7.98.